The predicted molar refractivity (Wildman–Crippen MR) is 79.3 cm³/mol. The fraction of sp³-hybridized carbons (Fsp3) is 0.929. The van der Waals surface area contributed by atoms with E-state index in [0.717, 1.165) is 30.0 Å². The van der Waals surface area contributed by atoms with Crippen LogP contribution in [0.3, 0.4) is 0 Å². The molecule has 0 aromatic rings. The molecule has 0 aliphatic heterocycles. The van der Waals surface area contributed by atoms with Gasteiger partial charge >= 0.3 is 0 Å². The highest BCUT2D eigenvalue weighted by molar-refractivity contribution is 7.80. The first kappa shape index (κ1) is 14.7. The van der Waals surface area contributed by atoms with Gasteiger partial charge in [-0.3, -0.25) is 0 Å². The summed E-state index contributed by atoms with van der Waals surface area (Å²) in [5.41, 5.74) is 0. The van der Waals surface area contributed by atoms with Gasteiger partial charge in [0.2, 0.25) is 0 Å². The molecule has 2 nitrogen and oxygen atoms in total. The van der Waals surface area contributed by atoms with Gasteiger partial charge in [0.1, 0.15) is 0 Å². The molecule has 1 aliphatic rings. The maximum atomic E-state index is 5.23. The molecule has 17 heavy (non-hydrogen) atoms. The van der Waals surface area contributed by atoms with Crippen molar-refractivity contribution >= 4 is 17.3 Å². The Hall–Kier alpha value is -0.310. The van der Waals surface area contributed by atoms with Crippen LogP contribution in [0.5, 0.6) is 0 Å². The Bertz CT molecular complexity index is 210. The lowest BCUT2D eigenvalue weighted by Crippen LogP contribution is -2.36. The predicted octanol–water partition coefficient (Wildman–Crippen LogP) is 3.47. The largest absolute Gasteiger partial charge is 0.363 e. The quantitative estimate of drug-likeness (QED) is 0.562. The molecular weight excluding hydrogens is 228 g/mol. The van der Waals surface area contributed by atoms with Crippen LogP contribution in [0, 0.1) is 11.8 Å². The summed E-state index contributed by atoms with van der Waals surface area (Å²) in [4.78, 5) is 0. The molecule has 1 rings (SSSR count). The lowest BCUT2D eigenvalue weighted by Gasteiger charge is -2.26. The lowest BCUT2D eigenvalue weighted by molar-refractivity contribution is 0.278. The van der Waals surface area contributed by atoms with E-state index >= 15 is 0 Å². The van der Waals surface area contributed by atoms with E-state index in [9.17, 15) is 0 Å². The SMILES string of the molecule is CCCCNC(=S)NCCC1CCC(C)CC1. The highest BCUT2D eigenvalue weighted by Crippen LogP contribution is 2.29. The van der Waals surface area contributed by atoms with E-state index in [1.807, 2.05) is 0 Å². The topological polar surface area (TPSA) is 24.1 Å². The zero-order valence-electron chi connectivity index (χ0n) is 11.4. The van der Waals surface area contributed by atoms with Crippen molar-refractivity contribution in [1.82, 2.24) is 10.6 Å². The number of hydrogen-bond donors (Lipinski definition) is 2. The number of thiocarbonyl (C=S) groups is 1. The second-order valence-corrected chi connectivity index (χ2v) is 5.86. The molecule has 0 spiro atoms. The molecule has 0 heterocycles. The van der Waals surface area contributed by atoms with E-state index in [0.29, 0.717) is 0 Å². The van der Waals surface area contributed by atoms with Crippen LogP contribution in [0.4, 0.5) is 0 Å². The molecule has 1 fully saturated rings. The average Bonchev–Trinajstić information content (AvgIpc) is 2.32. The van der Waals surface area contributed by atoms with Crippen LogP contribution in [-0.4, -0.2) is 18.2 Å². The van der Waals surface area contributed by atoms with Gasteiger partial charge in [-0.05, 0) is 36.9 Å². The van der Waals surface area contributed by atoms with Gasteiger partial charge in [-0.25, -0.2) is 0 Å². The van der Waals surface area contributed by atoms with Gasteiger partial charge in [-0.2, -0.15) is 0 Å². The van der Waals surface area contributed by atoms with Gasteiger partial charge in [0, 0.05) is 13.1 Å². The van der Waals surface area contributed by atoms with E-state index in [1.165, 1.54) is 44.9 Å². The van der Waals surface area contributed by atoms with Gasteiger partial charge in [-0.1, -0.05) is 46.0 Å². The van der Waals surface area contributed by atoms with Gasteiger partial charge in [-0.15, -0.1) is 0 Å². The van der Waals surface area contributed by atoms with Crippen molar-refractivity contribution in [3.63, 3.8) is 0 Å². The fourth-order valence-electron chi connectivity index (χ4n) is 2.45. The molecule has 0 bridgehead atoms. The monoisotopic (exact) mass is 256 g/mol. The third-order valence-corrected chi connectivity index (χ3v) is 4.08. The van der Waals surface area contributed by atoms with Gasteiger partial charge in [0.15, 0.2) is 5.11 Å². The summed E-state index contributed by atoms with van der Waals surface area (Å²) in [6.07, 6.45) is 9.37. The normalized spacial score (nSPS) is 24.4. The van der Waals surface area contributed by atoms with Crippen molar-refractivity contribution in [2.24, 2.45) is 11.8 Å². The summed E-state index contributed by atoms with van der Waals surface area (Å²) < 4.78 is 0. The van der Waals surface area contributed by atoms with E-state index in [4.69, 9.17) is 12.2 Å². The molecule has 0 aromatic heterocycles. The Morgan fingerprint density at radius 2 is 1.76 bits per heavy atom. The molecule has 0 unspecified atom stereocenters. The fourth-order valence-corrected chi connectivity index (χ4v) is 2.65. The average molecular weight is 256 g/mol. The van der Waals surface area contributed by atoms with Crippen LogP contribution in [0.25, 0.3) is 0 Å². The number of nitrogens with one attached hydrogen (secondary N) is 2. The Labute approximate surface area is 112 Å². The van der Waals surface area contributed by atoms with Crippen molar-refractivity contribution in [3.8, 4) is 0 Å². The van der Waals surface area contributed by atoms with Crippen LogP contribution in [0.15, 0.2) is 0 Å². The molecule has 2 N–H and O–H groups in total. The molecule has 100 valence electrons. The number of unbranched alkanes of at least 4 members (excludes halogenated alkanes) is 1. The van der Waals surface area contributed by atoms with E-state index in [-0.39, 0.29) is 0 Å². The first-order valence-corrected chi connectivity index (χ1v) is 7.65. The summed E-state index contributed by atoms with van der Waals surface area (Å²) in [6.45, 7) is 6.61. The molecule has 1 saturated carbocycles. The van der Waals surface area contributed by atoms with E-state index in [1.54, 1.807) is 0 Å². The first-order chi connectivity index (χ1) is 8.22. The maximum absolute atomic E-state index is 5.23. The maximum Gasteiger partial charge on any atom is 0.166 e. The Morgan fingerprint density at radius 3 is 2.41 bits per heavy atom. The standard InChI is InChI=1S/C14H28N2S/c1-3-4-10-15-14(17)16-11-9-13-7-5-12(2)6-8-13/h12-13H,3-11H2,1-2H3,(H2,15,16,17). The molecule has 0 atom stereocenters. The Kier molecular flexibility index (Phi) is 7.58. The lowest BCUT2D eigenvalue weighted by atomic mass is 9.81. The number of hydrogen-bond acceptors (Lipinski definition) is 1. The van der Waals surface area contributed by atoms with Crippen LogP contribution >= 0.6 is 12.2 Å². The minimum Gasteiger partial charge on any atom is -0.363 e. The molecule has 0 aromatic carbocycles. The second-order valence-electron chi connectivity index (χ2n) is 5.45. The van der Waals surface area contributed by atoms with Crippen molar-refractivity contribution in [1.29, 1.82) is 0 Å². The highest BCUT2D eigenvalue weighted by Gasteiger charge is 2.17. The zero-order chi connectivity index (χ0) is 12.5. The molecular formula is C14H28N2S. The Morgan fingerprint density at radius 1 is 1.12 bits per heavy atom. The molecule has 0 saturated heterocycles. The van der Waals surface area contributed by atoms with Gasteiger partial charge in [0.05, 0.1) is 0 Å². The summed E-state index contributed by atoms with van der Waals surface area (Å²) in [5.74, 6) is 1.88. The zero-order valence-corrected chi connectivity index (χ0v) is 12.2. The minimum absolute atomic E-state index is 0.836. The van der Waals surface area contributed by atoms with Crippen molar-refractivity contribution in [2.45, 2.75) is 58.8 Å². The van der Waals surface area contributed by atoms with Gasteiger partial charge in [0.25, 0.3) is 0 Å². The van der Waals surface area contributed by atoms with Gasteiger partial charge < -0.3 is 10.6 Å². The molecule has 0 radical (unpaired) electrons. The number of rotatable bonds is 6. The highest BCUT2D eigenvalue weighted by atomic mass is 32.1. The molecule has 1 aliphatic carbocycles. The molecule has 0 amide bonds. The van der Waals surface area contributed by atoms with Crippen molar-refractivity contribution < 1.29 is 0 Å². The Balaban J connectivity index is 1.97. The molecule has 3 heteroatoms. The van der Waals surface area contributed by atoms with Crippen LogP contribution in [-0.2, 0) is 0 Å². The van der Waals surface area contributed by atoms with Crippen LogP contribution in [0.2, 0.25) is 0 Å². The van der Waals surface area contributed by atoms with E-state index < -0.39 is 0 Å². The second kappa shape index (κ2) is 8.73. The third-order valence-electron chi connectivity index (χ3n) is 3.79. The summed E-state index contributed by atoms with van der Waals surface area (Å²) in [5, 5.41) is 7.40. The third kappa shape index (κ3) is 6.87. The minimum atomic E-state index is 0.836. The first-order valence-electron chi connectivity index (χ1n) is 7.24. The van der Waals surface area contributed by atoms with Crippen LogP contribution < -0.4 is 10.6 Å². The summed E-state index contributed by atoms with van der Waals surface area (Å²) in [7, 11) is 0. The van der Waals surface area contributed by atoms with Crippen molar-refractivity contribution in [3.05, 3.63) is 0 Å². The summed E-state index contributed by atoms with van der Waals surface area (Å²) >= 11 is 5.23. The van der Waals surface area contributed by atoms with E-state index in [2.05, 4.69) is 24.5 Å². The summed E-state index contributed by atoms with van der Waals surface area (Å²) in [6, 6.07) is 0. The van der Waals surface area contributed by atoms with Crippen molar-refractivity contribution in [2.75, 3.05) is 13.1 Å². The van der Waals surface area contributed by atoms with Crippen LogP contribution in [0.1, 0.15) is 58.8 Å². The smallest absolute Gasteiger partial charge is 0.166 e.